The van der Waals surface area contributed by atoms with Crippen molar-refractivity contribution in [2.45, 2.75) is 78.1 Å². The number of hydrogen-bond acceptors (Lipinski definition) is 11. The number of hydrogen-bond donors (Lipinski definition) is 7. The first-order chi connectivity index (χ1) is 33.6. The summed E-state index contributed by atoms with van der Waals surface area (Å²) in [6.45, 7) is 9.44. The fraction of sp³-hybridized carbons (Fsp3) is 0.283. The molecule has 0 aliphatic carbocycles. The van der Waals surface area contributed by atoms with E-state index < -0.39 is 35.4 Å². The Bertz CT molecular complexity index is 3020. The molecule has 17 heteroatoms. The average Bonchev–Trinajstić information content (AvgIpc) is 4.10. The fourth-order valence-electron chi connectivity index (χ4n) is 8.46. The molecule has 7 aromatic rings. The van der Waals surface area contributed by atoms with Crippen LogP contribution in [0.1, 0.15) is 85.0 Å². The topological polar surface area (TPSA) is 223 Å². The molecule has 0 bridgehead atoms. The van der Waals surface area contributed by atoms with Crippen LogP contribution in [0.4, 0.5) is 17.2 Å². The summed E-state index contributed by atoms with van der Waals surface area (Å²) in [4.78, 5) is 86.2. The normalized spacial score (nSPS) is 15.5. The molecule has 360 valence electrons. The lowest BCUT2D eigenvalue weighted by atomic mass is 9.85. The van der Waals surface area contributed by atoms with Crippen LogP contribution < -0.4 is 26.6 Å². The van der Waals surface area contributed by atoms with Crippen molar-refractivity contribution in [3.05, 3.63) is 144 Å². The standard InChI is InChI=1S/C53H56N10O6S/c1-31(33-15-17-34(18-16-33)47-32(2)58-30-70-47)59-51(68)44-25-39(64)28-63(44)52(69)48(53(3,4)5)62-46(65)14-9-23-54-49(66)35-19-21-36(22-20-35)50(67)61-38-11-8-10-37(24-38)60-45-26-43(56-29-57-45)41-27-55-42-13-7-6-12-40(41)42/h6-8,10-13,15-22,24,26-27,29-31,39,44,48,55,64H,9,14,23,25,28H2,1-5H3,(H,54,66)(H,59,68)(H,61,67)(H,62,65)(H,56,57,60)/t31-,39+,44-,48+/m0/s1. The minimum Gasteiger partial charge on any atom is -0.391 e. The summed E-state index contributed by atoms with van der Waals surface area (Å²) < 4.78 is 0. The van der Waals surface area contributed by atoms with Crippen LogP contribution in [0.2, 0.25) is 0 Å². The summed E-state index contributed by atoms with van der Waals surface area (Å²) >= 11 is 1.56. The van der Waals surface area contributed by atoms with Crippen LogP contribution >= 0.6 is 11.3 Å². The van der Waals surface area contributed by atoms with Gasteiger partial charge in [0.05, 0.1) is 33.9 Å². The molecular formula is C53H56N10O6S. The van der Waals surface area contributed by atoms with Crippen molar-refractivity contribution >= 4 is 69.0 Å². The molecule has 4 heterocycles. The smallest absolute Gasteiger partial charge is 0.255 e. The molecule has 16 nitrogen and oxygen atoms in total. The molecule has 8 rings (SSSR count). The maximum absolute atomic E-state index is 14.1. The molecule has 1 aliphatic heterocycles. The Hall–Kier alpha value is -7.76. The molecule has 0 unspecified atom stereocenters. The summed E-state index contributed by atoms with van der Waals surface area (Å²) in [7, 11) is 0. The molecule has 1 saturated heterocycles. The third-order valence-electron chi connectivity index (χ3n) is 12.3. The van der Waals surface area contributed by atoms with E-state index in [1.165, 1.54) is 11.2 Å². The van der Waals surface area contributed by atoms with Gasteiger partial charge in [0.25, 0.3) is 11.8 Å². The SMILES string of the molecule is Cc1ncsc1-c1ccc([C@H](C)NC(=O)[C@@H]2C[C@@H](O)CN2C(=O)[C@@H](NC(=O)CCCNC(=O)c2ccc(C(=O)Nc3cccc(Nc4cc(-c5c[nH]c6ccccc56)ncn4)c3)cc2)C(C)(C)C)cc1. The van der Waals surface area contributed by atoms with Gasteiger partial charge in [-0.15, -0.1) is 11.3 Å². The van der Waals surface area contributed by atoms with Gasteiger partial charge in [0.1, 0.15) is 24.2 Å². The van der Waals surface area contributed by atoms with E-state index in [0.29, 0.717) is 28.3 Å². The van der Waals surface area contributed by atoms with Gasteiger partial charge in [-0.2, -0.15) is 0 Å². The van der Waals surface area contributed by atoms with Crippen molar-refractivity contribution in [1.29, 1.82) is 0 Å². The van der Waals surface area contributed by atoms with E-state index in [2.05, 4.69) is 46.5 Å². The van der Waals surface area contributed by atoms with Gasteiger partial charge in [-0.3, -0.25) is 24.0 Å². The number of aromatic amines is 1. The van der Waals surface area contributed by atoms with E-state index in [-0.39, 0.29) is 56.1 Å². The third-order valence-corrected chi connectivity index (χ3v) is 13.2. The van der Waals surface area contributed by atoms with E-state index in [1.807, 2.05) is 113 Å². The van der Waals surface area contributed by atoms with Crippen LogP contribution in [0.25, 0.3) is 32.6 Å². The van der Waals surface area contributed by atoms with Gasteiger partial charge in [0.15, 0.2) is 0 Å². The predicted molar refractivity (Wildman–Crippen MR) is 271 cm³/mol. The van der Waals surface area contributed by atoms with E-state index in [1.54, 1.807) is 47.7 Å². The van der Waals surface area contributed by atoms with E-state index in [9.17, 15) is 29.1 Å². The first-order valence-electron chi connectivity index (χ1n) is 23.1. The number of benzene rings is 4. The first-order valence-corrected chi connectivity index (χ1v) is 24.0. The van der Waals surface area contributed by atoms with E-state index in [0.717, 1.165) is 43.9 Å². The van der Waals surface area contributed by atoms with Gasteiger partial charge in [-0.05, 0) is 85.3 Å². The van der Waals surface area contributed by atoms with Crippen LogP contribution in [0.3, 0.4) is 0 Å². The number of thiazole rings is 1. The number of rotatable bonds is 16. The van der Waals surface area contributed by atoms with Crippen molar-refractivity contribution in [2.75, 3.05) is 23.7 Å². The third kappa shape index (κ3) is 11.6. The van der Waals surface area contributed by atoms with Crippen molar-refractivity contribution in [2.24, 2.45) is 5.41 Å². The number of para-hydroxylation sites is 1. The monoisotopic (exact) mass is 960 g/mol. The number of aliphatic hydroxyl groups is 1. The molecule has 70 heavy (non-hydrogen) atoms. The van der Waals surface area contributed by atoms with Crippen LogP contribution in [0.5, 0.6) is 0 Å². The van der Waals surface area contributed by atoms with Crippen LogP contribution in [-0.2, 0) is 14.4 Å². The number of β-amino-alcohol motifs (C(OH)–C–C–N with tert-alkyl or cyclic N) is 1. The number of nitrogens with one attached hydrogen (secondary N) is 6. The maximum Gasteiger partial charge on any atom is 0.255 e. The molecular weight excluding hydrogens is 905 g/mol. The number of fused-ring (bicyclic) bond motifs is 1. The first kappa shape index (κ1) is 48.7. The Balaban J connectivity index is 0.790. The quantitative estimate of drug-likeness (QED) is 0.0463. The van der Waals surface area contributed by atoms with Crippen molar-refractivity contribution in [1.82, 2.24) is 40.8 Å². The number of likely N-dealkylation sites (tertiary alicyclic amines) is 1. The van der Waals surface area contributed by atoms with Gasteiger partial charge in [-0.25, -0.2) is 15.0 Å². The second-order valence-electron chi connectivity index (χ2n) is 18.5. The molecule has 5 amide bonds. The number of carbonyl (C=O) groups excluding carboxylic acids is 5. The van der Waals surface area contributed by atoms with Crippen molar-refractivity contribution < 1.29 is 29.1 Å². The largest absolute Gasteiger partial charge is 0.391 e. The summed E-state index contributed by atoms with van der Waals surface area (Å²) in [6, 6.07) is 28.9. The summed E-state index contributed by atoms with van der Waals surface area (Å²) in [5, 5.41) is 26.6. The van der Waals surface area contributed by atoms with Gasteiger partial charge in [0, 0.05) is 77.2 Å². The second kappa shape index (κ2) is 21.3. The molecule has 0 saturated carbocycles. The number of amides is 5. The minimum atomic E-state index is -0.985. The number of aromatic nitrogens is 4. The number of carbonyl (C=O) groups is 5. The molecule has 3 aromatic heterocycles. The molecule has 1 aliphatic rings. The van der Waals surface area contributed by atoms with Crippen molar-refractivity contribution in [3.8, 4) is 21.7 Å². The summed E-state index contributed by atoms with van der Waals surface area (Å²) in [5.74, 6) is -1.39. The zero-order chi connectivity index (χ0) is 49.5. The van der Waals surface area contributed by atoms with Crippen molar-refractivity contribution in [3.63, 3.8) is 0 Å². The number of aryl methyl sites for hydroxylation is 1. The highest BCUT2D eigenvalue weighted by atomic mass is 32.1. The number of anilines is 3. The molecule has 4 atom stereocenters. The van der Waals surface area contributed by atoms with Crippen LogP contribution in [-0.4, -0.2) is 90.8 Å². The lowest BCUT2D eigenvalue weighted by Gasteiger charge is -2.35. The molecule has 0 radical (unpaired) electrons. The van der Waals surface area contributed by atoms with Gasteiger partial charge in [0.2, 0.25) is 17.7 Å². The minimum absolute atomic E-state index is 0.0203. The molecule has 0 spiro atoms. The Labute approximate surface area is 409 Å². The maximum atomic E-state index is 14.1. The Kier molecular flexibility index (Phi) is 14.8. The Morgan fingerprint density at radius 2 is 1.59 bits per heavy atom. The average molecular weight is 961 g/mol. The zero-order valence-corrected chi connectivity index (χ0v) is 40.4. The number of nitrogens with zero attached hydrogens (tertiary/aromatic N) is 4. The highest BCUT2D eigenvalue weighted by molar-refractivity contribution is 7.13. The molecule has 7 N–H and O–H groups in total. The molecule has 4 aromatic carbocycles. The lowest BCUT2D eigenvalue weighted by molar-refractivity contribution is -0.144. The highest BCUT2D eigenvalue weighted by Crippen LogP contribution is 2.31. The van der Waals surface area contributed by atoms with Crippen LogP contribution in [0.15, 0.2) is 121 Å². The Morgan fingerprint density at radius 3 is 2.31 bits per heavy atom. The lowest BCUT2D eigenvalue weighted by Crippen LogP contribution is -2.57. The summed E-state index contributed by atoms with van der Waals surface area (Å²) in [6.07, 6.45) is 2.90. The van der Waals surface area contributed by atoms with Gasteiger partial charge in [-0.1, -0.05) is 69.3 Å². The predicted octanol–water partition coefficient (Wildman–Crippen LogP) is 7.93. The molecule has 1 fully saturated rings. The van der Waals surface area contributed by atoms with E-state index >= 15 is 0 Å². The number of aliphatic hydroxyl groups excluding tert-OH is 1. The van der Waals surface area contributed by atoms with Gasteiger partial charge >= 0.3 is 0 Å². The highest BCUT2D eigenvalue weighted by Gasteiger charge is 2.44. The summed E-state index contributed by atoms with van der Waals surface area (Å²) in [5.41, 5.74) is 8.62. The second-order valence-corrected chi connectivity index (χ2v) is 19.4. The number of H-pyrrole nitrogens is 1. The van der Waals surface area contributed by atoms with Crippen LogP contribution in [0, 0.1) is 12.3 Å². The van der Waals surface area contributed by atoms with E-state index in [4.69, 9.17) is 0 Å². The Morgan fingerprint density at radius 1 is 0.857 bits per heavy atom. The van der Waals surface area contributed by atoms with Gasteiger partial charge < -0.3 is 41.6 Å². The fourth-order valence-corrected chi connectivity index (χ4v) is 9.27. The zero-order valence-electron chi connectivity index (χ0n) is 39.6.